The molecule has 0 atom stereocenters. The Kier molecular flexibility index (Phi) is 4.63. The van der Waals surface area contributed by atoms with Crippen molar-refractivity contribution in [3.05, 3.63) is 30.1 Å². The van der Waals surface area contributed by atoms with Crippen LogP contribution in [0.2, 0.25) is 0 Å². The fourth-order valence-corrected chi connectivity index (χ4v) is 2.34. The van der Waals surface area contributed by atoms with Gasteiger partial charge in [-0.2, -0.15) is 12.6 Å². The van der Waals surface area contributed by atoms with Gasteiger partial charge in [0.25, 0.3) is 0 Å². The molecule has 0 saturated carbocycles. The molecular formula is C12H19N3S. The molecule has 1 aliphatic rings. The normalized spacial score (nSPS) is 18.8. The van der Waals surface area contributed by atoms with Crippen molar-refractivity contribution in [1.29, 1.82) is 0 Å². The van der Waals surface area contributed by atoms with E-state index < -0.39 is 0 Å². The Morgan fingerprint density at radius 2 is 1.69 bits per heavy atom. The van der Waals surface area contributed by atoms with Gasteiger partial charge in [-0.05, 0) is 17.7 Å². The van der Waals surface area contributed by atoms with E-state index in [2.05, 4.69) is 39.5 Å². The van der Waals surface area contributed by atoms with Gasteiger partial charge in [0.15, 0.2) is 0 Å². The maximum Gasteiger partial charge on any atom is 0.0271 e. The molecule has 4 heteroatoms. The van der Waals surface area contributed by atoms with E-state index in [1.807, 2.05) is 12.4 Å². The van der Waals surface area contributed by atoms with Crippen molar-refractivity contribution in [2.75, 3.05) is 38.5 Å². The standard InChI is InChI=1S/C12H19N3S/c16-10-9-14-5-7-15(8-6-14)11-12-1-3-13-4-2-12/h1-4,16H,5-11H2. The van der Waals surface area contributed by atoms with E-state index in [0.29, 0.717) is 0 Å². The van der Waals surface area contributed by atoms with Crippen LogP contribution in [0.1, 0.15) is 5.56 Å². The molecule has 88 valence electrons. The van der Waals surface area contributed by atoms with E-state index in [4.69, 9.17) is 0 Å². The Morgan fingerprint density at radius 1 is 1.06 bits per heavy atom. The molecule has 1 aromatic rings. The quantitative estimate of drug-likeness (QED) is 0.792. The van der Waals surface area contributed by atoms with E-state index in [1.54, 1.807) is 0 Å². The van der Waals surface area contributed by atoms with Crippen molar-refractivity contribution in [3.63, 3.8) is 0 Å². The lowest BCUT2D eigenvalue weighted by molar-refractivity contribution is 0.133. The van der Waals surface area contributed by atoms with Gasteiger partial charge in [-0.3, -0.25) is 14.8 Å². The molecule has 3 nitrogen and oxygen atoms in total. The topological polar surface area (TPSA) is 19.4 Å². The minimum Gasteiger partial charge on any atom is -0.300 e. The molecule has 1 fully saturated rings. The molecule has 16 heavy (non-hydrogen) atoms. The van der Waals surface area contributed by atoms with Crippen LogP contribution in [0.15, 0.2) is 24.5 Å². The predicted molar refractivity (Wildman–Crippen MR) is 69.8 cm³/mol. The summed E-state index contributed by atoms with van der Waals surface area (Å²) in [6, 6.07) is 4.19. The highest BCUT2D eigenvalue weighted by molar-refractivity contribution is 7.80. The second kappa shape index (κ2) is 6.23. The second-order valence-electron chi connectivity index (χ2n) is 4.20. The molecular weight excluding hydrogens is 218 g/mol. The average Bonchev–Trinajstić information content (AvgIpc) is 2.33. The van der Waals surface area contributed by atoms with Crippen molar-refractivity contribution in [2.45, 2.75) is 6.54 Å². The maximum atomic E-state index is 4.27. The first-order valence-electron chi connectivity index (χ1n) is 5.83. The molecule has 2 rings (SSSR count). The minimum absolute atomic E-state index is 0.963. The minimum atomic E-state index is 0.963. The van der Waals surface area contributed by atoms with Crippen molar-refractivity contribution < 1.29 is 0 Å². The Bertz CT molecular complexity index is 296. The third-order valence-electron chi connectivity index (χ3n) is 3.04. The van der Waals surface area contributed by atoms with Crippen LogP contribution in [0.4, 0.5) is 0 Å². The molecule has 2 heterocycles. The second-order valence-corrected chi connectivity index (χ2v) is 4.64. The highest BCUT2D eigenvalue weighted by Gasteiger charge is 2.15. The van der Waals surface area contributed by atoms with Crippen LogP contribution in [0.5, 0.6) is 0 Å². The monoisotopic (exact) mass is 237 g/mol. The van der Waals surface area contributed by atoms with Crippen molar-refractivity contribution in [3.8, 4) is 0 Å². The van der Waals surface area contributed by atoms with E-state index >= 15 is 0 Å². The number of nitrogens with zero attached hydrogens (tertiary/aromatic N) is 3. The van der Waals surface area contributed by atoms with Crippen molar-refractivity contribution in [2.24, 2.45) is 0 Å². The van der Waals surface area contributed by atoms with Crippen LogP contribution in [0.25, 0.3) is 0 Å². The number of hydrogen-bond donors (Lipinski definition) is 1. The first-order chi connectivity index (χ1) is 7.88. The molecule has 0 spiro atoms. The molecule has 1 saturated heterocycles. The van der Waals surface area contributed by atoms with Gasteiger partial charge in [-0.15, -0.1) is 0 Å². The summed E-state index contributed by atoms with van der Waals surface area (Å²) in [5.41, 5.74) is 1.36. The highest BCUT2D eigenvalue weighted by Crippen LogP contribution is 2.07. The number of thiol groups is 1. The van der Waals surface area contributed by atoms with E-state index in [0.717, 1.165) is 31.9 Å². The molecule has 0 N–H and O–H groups in total. The van der Waals surface area contributed by atoms with Gasteiger partial charge in [-0.1, -0.05) is 0 Å². The van der Waals surface area contributed by atoms with E-state index in [1.165, 1.54) is 18.7 Å². The zero-order valence-corrected chi connectivity index (χ0v) is 10.4. The predicted octanol–water partition coefficient (Wildman–Crippen LogP) is 1.13. The third kappa shape index (κ3) is 3.47. The summed E-state index contributed by atoms with van der Waals surface area (Å²) in [6.07, 6.45) is 3.74. The van der Waals surface area contributed by atoms with Gasteiger partial charge < -0.3 is 0 Å². The first kappa shape index (κ1) is 11.9. The Hall–Kier alpha value is -0.580. The molecule has 0 amide bonds. The SMILES string of the molecule is SCCN1CCN(Cc2ccncc2)CC1. The third-order valence-corrected chi connectivity index (χ3v) is 3.24. The van der Waals surface area contributed by atoms with Crippen LogP contribution < -0.4 is 0 Å². The van der Waals surface area contributed by atoms with Crippen LogP contribution in [0, 0.1) is 0 Å². The summed E-state index contributed by atoms with van der Waals surface area (Å²) in [4.78, 5) is 9.03. The Labute approximate surface area is 103 Å². The highest BCUT2D eigenvalue weighted by atomic mass is 32.1. The van der Waals surface area contributed by atoms with Gasteiger partial charge in [0.2, 0.25) is 0 Å². The van der Waals surface area contributed by atoms with Gasteiger partial charge in [0.05, 0.1) is 0 Å². The molecule has 0 aliphatic carbocycles. The molecule has 0 radical (unpaired) electrons. The first-order valence-corrected chi connectivity index (χ1v) is 6.46. The van der Waals surface area contributed by atoms with Crippen LogP contribution >= 0.6 is 12.6 Å². The van der Waals surface area contributed by atoms with Crippen LogP contribution in [0.3, 0.4) is 0 Å². The van der Waals surface area contributed by atoms with E-state index in [-0.39, 0.29) is 0 Å². The Balaban J connectivity index is 1.77. The number of rotatable bonds is 4. The molecule has 1 aromatic heterocycles. The van der Waals surface area contributed by atoms with Crippen molar-refractivity contribution in [1.82, 2.24) is 14.8 Å². The van der Waals surface area contributed by atoms with Crippen LogP contribution in [-0.2, 0) is 6.54 Å². The smallest absolute Gasteiger partial charge is 0.0271 e. The molecule has 0 bridgehead atoms. The molecule has 1 aliphatic heterocycles. The summed E-state index contributed by atoms with van der Waals surface area (Å²) in [5, 5.41) is 0. The van der Waals surface area contributed by atoms with Crippen molar-refractivity contribution >= 4 is 12.6 Å². The molecule has 0 unspecified atom stereocenters. The average molecular weight is 237 g/mol. The zero-order chi connectivity index (χ0) is 11.2. The van der Waals surface area contributed by atoms with Gasteiger partial charge in [0.1, 0.15) is 0 Å². The van der Waals surface area contributed by atoms with E-state index in [9.17, 15) is 0 Å². The lowest BCUT2D eigenvalue weighted by atomic mass is 10.2. The lowest BCUT2D eigenvalue weighted by Gasteiger charge is -2.34. The fourth-order valence-electron chi connectivity index (χ4n) is 2.06. The van der Waals surface area contributed by atoms with Gasteiger partial charge in [-0.25, -0.2) is 0 Å². The zero-order valence-electron chi connectivity index (χ0n) is 9.55. The number of pyridine rings is 1. The number of aromatic nitrogens is 1. The lowest BCUT2D eigenvalue weighted by Crippen LogP contribution is -2.46. The van der Waals surface area contributed by atoms with Gasteiger partial charge in [0, 0.05) is 57.4 Å². The molecule has 0 aromatic carbocycles. The fraction of sp³-hybridized carbons (Fsp3) is 0.583. The Morgan fingerprint density at radius 3 is 2.31 bits per heavy atom. The summed E-state index contributed by atoms with van der Waals surface area (Å²) in [5.74, 6) is 0.963. The summed E-state index contributed by atoms with van der Waals surface area (Å²) >= 11 is 4.27. The summed E-state index contributed by atoms with van der Waals surface area (Å²) in [7, 11) is 0. The van der Waals surface area contributed by atoms with Gasteiger partial charge >= 0.3 is 0 Å². The number of piperazine rings is 1. The summed E-state index contributed by atoms with van der Waals surface area (Å²) < 4.78 is 0. The maximum absolute atomic E-state index is 4.27. The van der Waals surface area contributed by atoms with Crippen LogP contribution in [-0.4, -0.2) is 53.3 Å². The summed E-state index contributed by atoms with van der Waals surface area (Å²) in [6.45, 7) is 6.84. The largest absolute Gasteiger partial charge is 0.300 e. The number of hydrogen-bond acceptors (Lipinski definition) is 4.